The van der Waals surface area contributed by atoms with E-state index in [2.05, 4.69) is 51.7 Å². The summed E-state index contributed by atoms with van der Waals surface area (Å²) in [6, 6.07) is 12.9. The SMILES string of the molecule is CNC(Cc1ccncc1)c1cccc2ccncc12. The fourth-order valence-corrected chi connectivity index (χ4v) is 2.56. The zero-order chi connectivity index (χ0) is 13.8. The maximum atomic E-state index is 4.26. The lowest BCUT2D eigenvalue weighted by Gasteiger charge is -2.18. The molecule has 0 spiro atoms. The highest BCUT2D eigenvalue weighted by molar-refractivity contribution is 5.85. The van der Waals surface area contributed by atoms with Gasteiger partial charge in [-0.25, -0.2) is 0 Å². The van der Waals surface area contributed by atoms with E-state index in [1.807, 2.05) is 31.8 Å². The maximum Gasteiger partial charge on any atom is 0.0365 e. The second-order valence-electron chi connectivity index (χ2n) is 4.84. The molecule has 20 heavy (non-hydrogen) atoms. The normalized spacial score (nSPS) is 12.4. The van der Waals surface area contributed by atoms with Crippen LogP contribution in [-0.4, -0.2) is 17.0 Å². The summed E-state index contributed by atoms with van der Waals surface area (Å²) in [6.45, 7) is 0. The predicted octanol–water partition coefficient (Wildman–Crippen LogP) is 3.13. The van der Waals surface area contributed by atoms with E-state index in [4.69, 9.17) is 0 Å². The number of nitrogens with one attached hydrogen (secondary N) is 1. The molecule has 2 heterocycles. The molecule has 0 aliphatic rings. The minimum atomic E-state index is 0.269. The molecule has 1 N–H and O–H groups in total. The van der Waals surface area contributed by atoms with Crippen molar-refractivity contribution in [2.75, 3.05) is 7.05 Å². The number of pyridine rings is 2. The first-order chi connectivity index (χ1) is 9.88. The van der Waals surface area contributed by atoms with Crippen molar-refractivity contribution in [2.45, 2.75) is 12.5 Å². The fraction of sp³-hybridized carbons (Fsp3) is 0.176. The van der Waals surface area contributed by atoms with E-state index < -0.39 is 0 Å². The van der Waals surface area contributed by atoms with Crippen LogP contribution in [0.1, 0.15) is 17.2 Å². The summed E-state index contributed by atoms with van der Waals surface area (Å²) in [5.74, 6) is 0. The maximum absolute atomic E-state index is 4.26. The molecular formula is C17H17N3. The number of likely N-dealkylation sites (N-methyl/N-ethyl adjacent to an activating group) is 1. The van der Waals surface area contributed by atoms with Crippen LogP contribution in [0.25, 0.3) is 10.8 Å². The van der Waals surface area contributed by atoms with Gasteiger partial charge in [0.05, 0.1) is 0 Å². The van der Waals surface area contributed by atoms with E-state index >= 15 is 0 Å². The van der Waals surface area contributed by atoms with Crippen molar-refractivity contribution in [3.05, 3.63) is 72.3 Å². The van der Waals surface area contributed by atoms with Gasteiger partial charge in [0.25, 0.3) is 0 Å². The second kappa shape index (κ2) is 5.80. The summed E-state index contributed by atoms with van der Waals surface area (Å²) in [6.07, 6.45) is 8.40. The number of aromatic nitrogens is 2. The Labute approximate surface area is 118 Å². The van der Waals surface area contributed by atoms with Gasteiger partial charge in [-0.05, 0) is 48.2 Å². The summed E-state index contributed by atoms with van der Waals surface area (Å²) in [5.41, 5.74) is 2.56. The molecule has 3 rings (SSSR count). The molecule has 1 unspecified atom stereocenters. The number of benzene rings is 1. The minimum absolute atomic E-state index is 0.269. The van der Waals surface area contributed by atoms with Crippen LogP contribution in [0.4, 0.5) is 0 Å². The van der Waals surface area contributed by atoms with Crippen LogP contribution in [0.2, 0.25) is 0 Å². The largest absolute Gasteiger partial charge is 0.313 e. The molecule has 0 aliphatic heterocycles. The lowest BCUT2D eigenvalue weighted by molar-refractivity contribution is 0.596. The average molecular weight is 263 g/mol. The molecule has 0 saturated carbocycles. The van der Waals surface area contributed by atoms with Gasteiger partial charge in [-0.2, -0.15) is 0 Å². The molecule has 2 aromatic heterocycles. The third kappa shape index (κ3) is 2.53. The summed E-state index contributed by atoms with van der Waals surface area (Å²) < 4.78 is 0. The van der Waals surface area contributed by atoms with Gasteiger partial charge in [-0.15, -0.1) is 0 Å². The Bertz CT molecular complexity index is 689. The van der Waals surface area contributed by atoms with E-state index in [0.29, 0.717) is 0 Å². The molecule has 3 nitrogen and oxygen atoms in total. The van der Waals surface area contributed by atoms with Crippen LogP contribution in [-0.2, 0) is 6.42 Å². The van der Waals surface area contributed by atoms with E-state index in [9.17, 15) is 0 Å². The van der Waals surface area contributed by atoms with Crippen LogP contribution in [0.3, 0.4) is 0 Å². The number of hydrogen-bond donors (Lipinski definition) is 1. The highest BCUT2D eigenvalue weighted by Gasteiger charge is 2.13. The van der Waals surface area contributed by atoms with Crippen LogP contribution in [0, 0.1) is 0 Å². The number of hydrogen-bond acceptors (Lipinski definition) is 3. The van der Waals surface area contributed by atoms with E-state index in [1.165, 1.54) is 21.9 Å². The summed E-state index contributed by atoms with van der Waals surface area (Å²) in [7, 11) is 2.00. The van der Waals surface area contributed by atoms with Gasteiger partial charge in [-0.3, -0.25) is 9.97 Å². The van der Waals surface area contributed by atoms with Crippen molar-refractivity contribution in [3.63, 3.8) is 0 Å². The highest BCUT2D eigenvalue weighted by Crippen LogP contribution is 2.25. The van der Waals surface area contributed by atoms with Crippen molar-refractivity contribution in [1.29, 1.82) is 0 Å². The van der Waals surface area contributed by atoms with Crippen LogP contribution in [0.15, 0.2) is 61.2 Å². The molecule has 100 valence electrons. The van der Waals surface area contributed by atoms with E-state index in [1.54, 1.807) is 0 Å². The minimum Gasteiger partial charge on any atom is -0.313 e. The van der Waals surface area contributed by atoms with Crippen LogP contribution < -0.4 is 5.32 Å². The standard InChI is InChI=1S/C17H17N3/c1-18-17(11-13-5-8-19-9-6-13)15-4-2-3-14-7-10-20-12-16(14)15/h2-10,12,17-18H,11H2,1H3. The zero-order valence-corrected chi connectivity index (χ0v) is 11.5. The first-order valence-electron chi connectivity index (χ1n) is 6.77. The summed E-state index contributed by atoms with van der Waals surface area (Å²) in [4.78, 5) is 8.33. The highest BCUT2D eigenvalue weighted by atomic mass is 14.9. The summed E-state index contributed by atoms with van der Waals surface area (Å²) in [5, 5.41) is 5.85. The van der Waals surface area contributed by atoms with Gasteiger partial charge in [0.1, 0.15) is 0 Å². The van der Waals surface area contributed by atoms with Crippen LogP contribution in [0.5, 0.6) is 0 Å². The summed E-state index contributed by atoms with van der Waals surface area (Å²) >= 11 is 0. The Balaban J connectivity index is 1.99. The Hall–Kier alpha value is -2.26. The second-order valence-corrected chi connectivity index (χ2v) is 4.84. The third-order valence-electron chi connectivity index (χ3n) is 3.63. The molecule has 0 saturated heterocycles. The predicted molar refractivity (Wildman–Crippen MR) is 81.5 cm³/mol. The molecule has 0 bridgehead atoms. The Morgan fingerprint density at radius 1 is 1.00 bits per heavy atom. The molecule has 0 amide bonds. The molecule has 3 heteroatoms. The van der Waals surface area contributed by atoms with Crippen molar-refractivity contribution in [1.82, 2.24) is 15.3 Å². The Kier molecular flexibility index (Phi) is 3.70. The Morgan fingerprint density at radius 2 is 1.80 bits per heavy atom. The van der Waals surface area contributed by atoms with Gasteiger partial charge in [0.2, 0.25) is 0 Å². The number of rotatable bonds is 4. The van der Waals surface area contributed by atoms with Gasteiger partial charge < -0.3 is 5.32 Å². The molecule has 0 aliphatic carbocycles. The molecule has 0 radical (unpaired) electrons. The zero-order valence-electron chi connectivity index (χ0n) is 11.5. The van der Waals surface area contributed by atoms with Gasteiger partial charge >= 0.3 is 0 Å². The first kappa shape index (κ1) is 12.8. The first-order valence-corrected chi connectivity index (χ1v) is 6.77. The van der Waals surface area contributed by atoms with E-state index in [-0.39, 0.29) is 6.04 Å². The third-order valence-corrected chi connectivity index (χ3v) is 3.63. The van der Waals surface area contributed by atoms with E-state index in [0.717, 1.165) is 6.42 Å². The van der Waals surface area contributed by atoms with Crippen LogP contribution >= 0.6 is 0 Å². The number of fused-ring (bicyclic) bond motifs is 1. The smallest absolute Gasteiger partial charge is 0.0365 e. The van der Waals surface area contributed by atoms with Crippen molar-refractivity contribution >= 4 is 10.8 Å². The average Bonchev–Trinajstić information content (AvgIpc) is 2.53. The van der Waals surface area contributed by atoms with Gasteiger partial charge in [-0.1, -0.05) is 18.2 Å². The fourth-order valence-electron chi connectivity index (χ4n) is 2.56. The lowest BCUT2D eigenvalue weighted by atomic mass is 9.95. The molecule has 1 atom stereocenters. The van der Waals surface area contributed by atoms with Gasteiger partial charge in [0.15, 0.2) is 0 Å². The molecule has 1 aromatic carbocycles. The van der Waals surface area contributed by atoms with Crippen molar-refractivity contribution < 1.29 is 0 Å². The monoisotopic (exact) mass is 263 g/mol. The molecular weight excluding hydrogens is 246 g/mol. The molecule has 3 aromatic rings. The Morgan fingerprint density at radius 3 is 2.60 bits per heavy atom. The quantitative estimate of drug-likeness (QED) is 0.786. The number of nitrogens with zero attached hydrogens (tertiary/aromatic N) is 2. The topological polar surface area (TPSA) is 37.8 Å². The lowest BCUT2D eigenvalue weighted by Crippen LogP contribution is -2.19. The van der Waals surface area contributed by atoms with Gasteiger partial charge in [0, 0.05) is 36.2 Å². The molecule has 0 fully saturated rings. The van der Waals surface area contributed by atoms with Crippen molar-refractivity contribution in [2.24, 2.45) is 0 Å². The van der Waals surface area contributed by atoms with Crippen molar-refractivity contribution in [3.8, 4) is 0 Å².